The highest BCUT2D eigenvalue weighted by Gasteiger charge is 2.17. The van der Waals surface area contributed by atoms with Gasteiger partial charge in [-0.2, -0.15) is 5.10 Å². The molecule has 21 heavy (non-hydrogen) atoms. The number of nitrogens with zero attached hydrogens (tertiary/aromatic N) is 2. The first-order valence-corrected chi connectivity index (χ1v) is 6.98. The van der Waals surface area contributed by atoms with Crippen LogP contribution >= 0.6 is 0 Å². The van der Waals surface area contributed by atoms with E-state index in [2.05, 4.69) is 20.5 Å². The van der Waals surface area contributed by atoms with Crippen LogP contribution in [0.2, 0.25) is 0 Å². The molecule has 2 atom stereocenters. The fourth-order valence-corrected chi connectivity index (χ4v) is 2.59. The van der Waals surface area contributed by atoms with Gasteiger partial charge in [-0.25, -0.2) is 4.98 Å². The van der Waals surface area contributed by atoms with Gasteiger partial charge in [0.15, 0.2) is 0 Å². The predicted molar refractivity (Wildman–Crippen MR) is 82.0 cm³/mol. The van der Waals surface area contributed by atoms with Crippen molar-refractivity contribution in [1.82, 2.24) is 20.5 Å². The number of phenolic OH excluding ortho intramolecular Hbond substituents is 1. The summed E-state index contributed by atoms with van der Waals surface area (Å²) in [5.74, 6) is 1.11. The number of H-pyrrole nitrogens is 1. The van der Waals surface area contributed by atoms with Crippen molar-refractivity contribution in [2.45, 2.75) is 25.9 Å². The van der Waals surface area contributed by atoms with Crippen molar-refractivity contribution in [3.8, 4) is 5.75 Å². The lowest BCUT2D eigenvalue weighted by molar-refractivity contribution is 0.437. The van der Waals surface area contributed by atoms with Crippen molar-refractivity contribution in [1.29, 1.82) is 0 Å². The molecule has 0 aliphatic carbocycles. The molecule has 108 valence electrons. The molecule has 0 saturated carbocycles. The minimum atomic E-state index is -0.00490. The number of rotatable bonds is 4. The van der Waals surface area contributed by atoms with Crippen LogP contribution in [0.15, 0.2) is 42.7 Å². The van der Waals surface area contributed by atoms with Crippen molar-refractivity contribution in [2.24, 2.45) is 0 Å². The summed E-state index contributed by atoms with van der Waals surface area (Å²) in [4.78, 5) is 4.14. The zero-order valence-corrected chi connectivity index (χ0v) is 12.0. The summed E-state index contributed by atoms with van der Waals surface area (Å²) >= 11 is 0. The maximum Gasteiger partial charge on any atom is 0.141 e. The Bertz CT molecular complexity index is 739. The number of aromatic amines is 1. The summed E-state index contributed by atoms with van der Waals surface area (Å²) in [5.41, 5.74) is 0.875. The number of benzene rings is 2. The SMILES string of the molecule is CC(NC(C)c1ccc2ccccc2c1O)c1ncn[nH]1. The molecule has 0 bridgehead atoms. The van der Waals surface area contributed by atoms with Gasteiger partial charge in [-0.3, -0.25) is 5.10 Å². The van der Waals surface area contributed by atoms with Gasteiger partial charge in [0, 0.05) is 17.0 Å². The van der Waals surface area contributed by atoms with Crippen molar-refractivity contribution in [2.75, 3.05) is 0 Å². The normalized spacial score (nSPS) is 14.2. The molecule has 3 aromatic rings. The topological polar surface area (TPSA) is 73.8 Å². The van der Waals surface area contributed by atoms with E-state index in [1.165, 1.54) is 6.33 Å². The molecule has 0 saturated heterocycles. The number of phenols is 1. The minimum Gasteiger partial charge on any atom is -0.507 e. The molecule has 0 spiro atoms. The van der Waals surface area contributed by atoms with E-state index in [0.717, 1.165) is 22.2 Å². The molecule has 0 amide bonds. The molecule has 3 N–H and O–H groups in total. The first-order valence-electron chi connectivity index (χ1n) is 6.98. The molecular formula is C16H18N4O. The molecule has 5 heteroatoms. The van der Waals surface area contributed by atoms with E-state index in [9.17, 15) is 5.11 Å². The average Bonchev–Trinajstić information content (AvgIpc) is 3.02. The lowest BCUT2D eigenvalue weighted by Gasteiger charge is -2.20. The van der Waals surface area contributed by atoms with Crippen molar-refractivity contribution in [3.63, 3.8) is 0 Å². The van der Waals surface area contributed by atoms with Crippen LogP contribution in [0, 0.1) is 0 Å². The number of aromatic nitrogens is 3. The lowest BCUT2D eigenvalue weighted by atomic mass is 10.0. The Labute approximate surface area is 123 Å². The van der Waals surface area contributed by atoms with Gasteiger partial charge in [-0.15, -0.1) is 0 Å². The quantitative estimate of drug-likeness (QED) is 0.687. The molecule has 0 aliphatic heterocycles. The van der Waals surface area contributed by atoms with E-state index in [1.54, 1.807) is 0 Å². The number of aromatic hydroxyl groups is 1. The fourth-order valence-electron chi connectivity index (χ4n) is 2.59. The smallest absolute Gasteiger partial charge is 0.141 e. The predicted octanol–water partition coefficient (Wildman–Crippen LogP) is 3.08. The molecule has 3 rings (SSSR count). The molecule has 0 fully saturated rings. The van der Waals surface area contributed by atoms with Crippen LogP contribution in [0.4, 0.5) is 0 Å². The van der Waals surface area contributed by atoms with Gasteiger partial charge >= 0.3 is 0 Å². The van der Waals surface area contributed by atoms with Crippen molar-refractivity contribution < 1.29 is 5.11 Å². The van der Waals surface area contributed by atoms with E-state index in [4.69, 9.17) is 0 Å². The Morgan fingerprint density at radius 3 is 2.67 bits per heavy atom. The van der Waals surface area contributed by atoms with Crippen LogP contribution in [0.5, 0.6) is 5.75 Å². The third kappa shape index (κ3) is 2.60. The van der Waals surface area contributed by atoms with Gasteiger partial charge in [0.25, 0.3) is 0 Å². The Kier molecular flexibility index (Phi) is 3.58. The second kappa shape index (κ2) is 5.54. The van der Waals surface area contributed by atoms with Gasteiger partial charge in [-0.1, -0.05) is 36.4 Å². The summed E-state index contributed by atoms with van der Waals surface area (Å²) in [5, 5.41) is 22.5. The van der Waals surface area contributed by atoms with E-state index in [-0.39, 0.29) is 12.1 Å². The molecule has 0 radical (unpaired) electrons. The van der Waals surface area contributed by atoms with E-state index >= 15 is 0 Å². The highest BCUT2D eigenvalue weighted by Crippen LogP contribution is 2.33. The zero-order valence-electron chi connectivity index (χ0n) is 12.0. The van der Waals surface area contributed by atoms with Gasteiger partial charge in [0.1, 0.15) is 17.9 Å². The summed E-state index contributed by atoms with van der Waals surface area (Å²) in [7, 11) is 0. The number of hydrogen-bond donors (Lipinski definition) is 3. The van der Waals surface area contributed by atoms with E-state index in [0.29, 0.717) is 5.75 Å². The molecular weight excluding hydrogens is 264 g/mol. The minimum absolute atomic E-state index is 0.00490. The highest BCUT2D eigenvalue weighted by atomic mass is 16.3. The highest BCUT2D eigenvalue weighted by molar-refractivity contribution is 5.89. The van der Waals surface area contributed by atoms with Gasteiger partial charge in [0.2, 0.25) is 0 Å². The summed E-state index contributed by atoms with van der Waals surface area (Å²) in [6, 6.07) is 11.8. The molecule has 5 nitrogen and oxygen atoms in total. The number of nitrogens with one attached hydrogen (secondary N) is 2. The van der Waals surface area contributed by atoms with Crippen LogP contribution < -0.4 is 5.32 Å². The average molecular weight is 282 g/mol. The Morgan fingerprint density at radius 1 is 1.10 bits per heavy atom. The molecule has 1 heterocycles. The third-order valence-corrected chi connectivity index (χ3v) is 3.74. The van der Waals surface area contributed by atoms with Gasteiger partial charge < -0.3 is 10.4 Å². The van der Waals surface area contributed by atoms with Crippen molar-refractivity contribution >= 4 is 10.8 Å². The number of fused-ring (bicyclic) bond motifs is 1. The molecule has 0 aliphatic rings. The second-order valence-electron chi connectivity index (χ2n) is 5.21. The molecule has 2 aromatic carbocycles. The van der Waals surface area contributed by atoms with E-state index < -0.39 is 0 Å². The Morgan fingerprint density at radius 2 is 1.90 bits per heavy atom. The first-order chi connectivity index (χ1) is 10.2. The maximum atomic E-state index is 10.5. The first kappa shape index (κ1) is 13.6. The van der Waals surface area contributed by atoms with Crippen LogP contribution in [0.1, 0.15) is 37.3 Å². The second-order valence-corrected chi connectivity index (χ2v) is 5.21. The fraction of sp³-hybridized carbons (Fsp3) is 0.250. The monoisotopic (exact) mass is 282 g/mol. The van der Waals surface area contributed by atoms with Gasteiger partial charge in [-0.05, 0) is 19.2 Å². The molecule has 1 aromatic heterocycles. The van der Waals surface area contributed by atoms with Crippen LogP contribution in [0.25, 0.3) is 10.8 Å². The van der Waals surface area contributed by atoms with Crippen LogP contribution in [-0.4, -0.2) is 20.3 Å². The van der Waals surface area contributed by atoms with Gasteiger partial charge in [0.05, 0.1) is 6.04 Å². The van der Waals surface area contributed by atoms with Crippen molar-refractivity contribution in [3.05, 3.63) is 54.1 Å². The standard InChI is InChI=1S/C16H18N4O/c1-10(19-11(2)16-17-9-18-20-16)13-8-7-12-5-3-4-6-14(12)15(13)21/h3-11,19,21H,1-2H3,(H,17,18,20). The summed E-state index contributed by atoms with van der Waals surface area (Å²) in [6.07, 6.45) is 1.49. The zero-order chi connectivity index (χ0) is 14.8. The number of hydrogen-bond acceptors (Lipinski definition) is 4. The lowest BCUT2D eigenvalue weighted by Crippen LogP contribution is -2.23. The Balaban J connectivity index is 1.87. The summed E-state index contributed by atoms with van der Waals surface area (Å²) in [6.45, 7) is 4.03. The van der Waals surface area contributed by atoms with E-state index in [1.807, 2.05) is 50.2 Å². The summed E-state index contributed by atoms with van der Waals surface area (Å²) < 4.78 is 0. The van der Waals surface area contributed by atoms with Crippen LogP contribution in [0.3, 0.4) is 0 Å². The maximum absolute atomic E-state index is 10.5. The largest absolute Gasteiger partial charge is 0.507 e. The van der Waals surface area contributed by atoms with Crippen LogP contribution in [-0.2, 0) is 0 Å². The Hall–Kier alpha value is -2.40. The molecule has 2 unspecified atom stereocenters. The third-order valence-electron chi connectivity index (χ3n) is 3.74.